The van der Waals surface area contributed by atoms with Crippen LogP contribution in [0.3, 0.4) is 0 Å². The molecule has 0 bridgehead atoms. The second-order valence-corrected chi connectivity index (χ2v) is 3.46. The van der Waals surface area contributed by atoms with Crippen LogP contribution in [0.5, 0.6) is 0 Å². The molecule has 2 rings (SSSR count). The number of benzene rings is 1. The summed E-state index contributed by atoms with van der Waals surface area (Å²) in [6.07, 6.45) is 0. The van der Waals surface area contributed by atoms with Gasteiger partial charge in [0.2, 0.25) is 0 Å². The zero-order chi connectivity index (χ0) is 10.7. The lowest BCUT2D eigenvalue weighted by atomic mass is 10.3. The number of fused-ring (bicyclic) bond motifs is 1. The minimum atomic E-state index is -0.425. The van der Waals surface area contributed by atoms with Crippen LogP contribution in [0, 0.1) is 5.82 Å². The average Bonchev–Trinajstić information content (AvgIpc) is 2.49. The Morgan fingerprint density at radius 3 is 2.57 bits per heavy atom. The molecule has 1 aromatic heterocycles. The Morgan fingerprint density at radius 1 is 1.29 bits per heavy atom. The van der Waals surface area contributed by atoms with Gasteiger partial charge in [-0.3, -0.25) is 0 Å². The van der Waals surface area contributed by atoms with E-state index >= 15 is 0 Å². The molecule has 4 N–H and O–H groups in total. The summed E-state index contributed by atoms with van der Waals surface area (Å²) < 4.78 is 13.6. The Hall–Kier alpha value is -1.36. The number of hydrogen-bond donors (Lipinski definition) is 2. The number of hydrogen-bond acceptors (Lipinski definition) is 4. The molecule has 0 aliphatic rings. The van der Waals surface area contributed by atoms with Gasteiger partial charge in [0, 0.05) is 0 Å². The van der Waals surface area contributed by atoms with Crippen molar-refractivity contribution >= 4 is 32.4 Å². The molecule has 0 saturated carbocycles. The summed E-state index contributed by atoms with van der Waals surface area (Å²) in [7, 11) is 0. The molecule has 0 radical (unpaired) electrons. The molecule has 0 saturated heterocycles. The van der Waals surface area contributed by atoms with Gasteiger partial charge in [-0.2, -0.15) is 0 Å². The predicted octanol–water partition coefficient (Wildman–Crippen LogP) is 2.63. The number of thiazole rings is 1. The summed E-state index contributed by atoms with van der Waals surface area (Å²) >= 11 is 1.25. The molecule has 0 aliphatic carbocycles. The summed E-state index contributed by atoms with van der Waals surface area (Å²) in [4.78, 5) is 3.96. The minimum Gasteiger partial charge on any atom is -0.396 e. The quantitative estimate of drug-likeness (QED) is 0.661. The van der Waals surface area contributed by atoms with Gasteiger partial charge >= 0.3 is 0 Å². The van der Waals surface area contributed by atoms with Crippen LogP contribution in [0.15, 0.2) is 12.1 Å². The van der Waals surface area contributed by atoms with Gasteiger partial charge in [0.25, 0.3) is 0 Å². The number of anilines is 2. The highest BCUT2D eigenvalue weighted by Gasteiger charge is 2.05. The Morgan fingerprint density at radius 2 is 1.93 bits per heavy atom. The van der Waals surface area contributed by atoms with E-state index in [1.54, 1.807) is 0 Å². The van der Waals surface area contributed by atoms with Crippen molar-refractivity contribution in [3.8, 4) is 0 Å². The first kappa shape index (κ1) is 10.7. The van der Waals surface area contributed by atoms with Crippen LogP contribution in [0.25, 0.3) is 10.2 Å². The van der Waals surface area contributed by atoms with E-state index in [1.807, 2.05) is 13.8 Å². The average molecular weight is 213 g/mol. The largest absolute Gasteiger partial charge is 0.396 e. The molecule has 0 amide bonds. The molecule has 0 atom stereocenters. The zero-order valence-electron chi connectivity index (χ0n) is 8.04. The molecule has 1 aromatic carbocycles. The second-order valence-electron chi connectivity index (χ2n) is 2.39. The normalized spacial score (nSPS) is 9.64. The fourth-order valence-corrected chi connectivity index (χ4v) is 1.72. The first-order valence-corrected chi connectivity index (χ1v) is 5.09. The van der Waals surface area contributed by atoms with Crippen molar-refractivity contribution in [2.45, 2.75) is 13.8 Å². The number of nitrogens with zero attached hydrogens (tertiary/aromatic N) is 1. The predicted molar refractivity (Wildman–Crippen MR) is 59.8 cm³/mol. The first-order chi connectivity index (χ1) is 6.66. The molecule has 2 aromatic rings. The molecule has 14 heavy (non-hydrogen) atoms. The molecule has 5 heteroatoms. The highest BCUT2D eigenvalue weighted by Crippen LogP contribution is 2.26. The summed E-state index contributed by atoms with van der Waals surface area (Å²) in [5.74, 6) is -0.425. The van der Waals surface area contributed by atoms with Crippen molar-refractivity contribution in [1.29, 1.82) is 0 Å². The van der Waals surface area contributed by atoms with Gasteiger partial charge in [-0.05, 0) is 12.1 Å². The minimum absolute atomic E-state index is 0.104. The van der Waals surface area contributed by atoms with Crippen LogP contribution in [-0.2, 0) is 0 Å². The molecule has 1 heterocycles. The Balaban J connectivity index is 0.000000461. The number of rotatable bonds is 0. The van der Waals surface area contributed by atoms with E-state index in [-0.39, 0.29) is 5.69 Å². The molecule has 76 valence electrons. The van der Waals surface area contributed by atoms with Crippen molar-refractivity contribution < 1.29 is 4.39 Å². The van der Waals surface area contributed by atoms with Crippen LogP contribution < -0.4 is 11.5 Å². The van der Waals surface area contributed by atoms with Gasteiger partial charge in [-0.25, -0.2) is 9.37 Å². The fourth-order valence-electron chi connectivity index (χ4n) is 0.983. The second kappa shape index (κ2) is 4.23. The summed E-state index contributed by atoms with van der Waals surface area (Å²) in [5.41, 5.74) is 11.5. The van der Waals surface area contributed by atoms with Gasteiger partial charge < -0.3 is 11.5 Å². The Bertz CT molecular complexity index is 400. The van der Waals surface area contributed by atoms with E-state index in [1.165, 1.54) is 23.5 Å². The van der Waals surface area contributed by atoms with E-state index in [4.69, 9.17) is 11.5 Å². The third kappa shape index (κ3) is 1.93. The highest BCUT2D eigenvalue weighted by molar-refractivity contribution is 7.22. The van der Waals surface area contributed by atoms with E-state index in [0.717, 1.165) is 4.70 Å². The van der Waals surface area contributed by atoms with E-state index in [2.05, 4.69) is 4.98 Å². The molecule has 0 fully saturated rings. The summed E-state index contributed by atoms with van der Waals surface area (Å²) in [6, 6.07) is 2.83. The lowest BCUT2D eigenvalue weighted by Crippen LogP contribution is -1.89. The van der Waals surface area contributed by atoms with Crippen LogP contribution >= 0.6 is 11.3 Å². The lowest BCUT2D eigenvalue weighted by Gasteiger charge is -1.93. The standard InChI is InChI=1S/C7H6FN3S.C2H6/c8-3-1-6-5(2-4(3)9)11-7(10)12-6;1-2/h1-2H,9H2,(H2,10,11);1-2H3. The van der Waals surface area contributed by atoms with Gasteiger partial charge in [0.05, 0.1) is 15.9 Å². The van der Waals surface area contributed by atoms with Gasteiger partial charge in [-0.1, -0.05) is 25.2 Å². The smallest absolute Gasteiger partial charge is 0.181 e. The SMILES string of the molecule is CC.Nc1nc2cc(N)c(F)cc2s1. The Labute approximate surface area is 85.6 Å². The zero-order valence-corrected chi connectivity index (χ0v) is 8.86. The lowest BCUT2D eigenvalue weighted by molar-refractivity contribution is 0.634. The maximum absolute atomic E-state index is 12.9. The van der Waals surface area contributed by atoms with Gasteiger partial charge in [0.1, 0.15) is 5.82 Å². The van der Waals surface area contributed by atoms with Crippen molar-refractivity contribution in [2.75, 3.05) is 11.5 Å². The van der Waals surface area contributed by atoms with Crippen LogP contribution in [0.1, 0.15) is 13.8 Å². The topological polar surface area (TPSA) is 64.9 Å². The third-order valence-corrected chi connectivity index (χ3v) is 2.37. The molecular weight excluding hydrogens is 201 g/mol. The van der Waals surface area contributed by atoms with Crippen LogP contribution in [0.2, 0.25) is 0 Å². The monoisotopic (exact) mass is 213 g/mol. The van der Waals surface area contributed by atoms with Crippen molar-refractivity contribution in [1.82, 2.24) is 4.98 Å². The number of aromatic nitrogens is 1. The summed E-state index contributed by atoms with van der Waals surface area (Å²) in [6.45, 7) is 4.00. The third-order valence-electron chi connectivity index (χ3n) is 1.52. The van der Waals surface area contributed by atoms with Crippen LogP contribution in [0.4, 0.5) is 15.2 Å². The molecule has 0 spiro atoms. The van der Waals surface area contributed by atoms with Gasteiger partial charge in [0.15, 0.2) is 5.13 Å². The number of halogens is 1. The first-order valence-electron chi connectivity index (χ1n) is 4.28. The maximum Gasteiger partial charge on any atom is 0.181 e. The van der Waals surface area contributed by atoms with E-state index in [9.17, 15) is 4.39 Å². The number of nitrogen functional groups attached to an aromatic ring is 2. The van der Waals surface area contributed by atoms with Crippen molar-refractivity contribution in [3.63, 3.8) is 0 Å². The molecule has 0 unspecified atom stereocenters. The molecule has 3 nitrogen and oxygen atoms in total. The van der Waals surface area contributed by atoms with Crippen molar-refractivity contribution in [3.05, 3.63) is 17.9 Å². The van der Waals surface area contributed by atoms with Crippen molar-refractivity contribution in [2.24, 2.45) is 0 Å². The van der Waals surface area contributed by atoms with E-state index in [0.29, 0.717) is 10.6 Å². The highest BCUT2D eigenvalue weighted by atomic mass is 32.1. The van der Waals surface area contributed by atoms with Crippen LogP contribution in [-0.4, -0.2) is 4.98 Å². The summed E-state index contributed by atoms with van der Waals surface area (Å²) in [5, 5.41) is 0.426. The molecule has 0 aliphatic heterocycles. The molecular formula is C9H12FN3S. The van der Waals surface area contributed by atoms with Gasteiger partial charge in [-0.15, -0.1) is 0 Å². The fraction of sp³-hybridized carbons (Fsp3) is 0.222. The van der Waals surface area contributed by atoms with E-state index < -0.39 is 5.82 Å². The Kier molecular flexibility index (Phi) is 3.24. The number of nitrogens with two attached hydrogens (primary N) is 2. The maximum atomic E-state index is 12.9.